The Labute approximate surface area is 164 Å². The maximum Gasteiger partial charge on any atom is 0.308 e. The van der Waals surface area contributed by atoms with E-state index < -0.39 is 15.9 Å². The highest BCUT2D eigenvalue weighted by atomic mass is 32.2. The van der Waals surface area contributed by atoms with Crippen molar-refractivity contribution in [2.45, 2.75) is 25.2 Å². The molecule has 2 heterocycles. The number of aromatic nitrogens is 2. The van der Waals surface area contributed by atoms with Crippen molar-refractivity contribution in [3.8, 4) is 11.5 Å². The molecule has 1 aliphatic heterocycles. The van der Waals surface area contributed by atoms with E-state index in [1.165, 1.54) is 16.4 Å². The molecule has 0 radical (unpaired) electrons. The molecule has 1 aromatic heterocycles. The van der Waals surface area contributed by atoms with Gasteiger partial charge in [-0.3, -0.25) is 4.79 Å². The molecule has 1 N–H and O–H groups in total. The molecule has 0 saturated carbocycles. The molecule has 0 atom stereocenters. The molecule has 10 heteroatoms. The maximum absolute atomic E-state index is 12.6. The summed E-state index contributed by atoms with van der Waals surface area (Å²) >= 11 is 0. The average Bonchev–Trinajstić information content (AvgIpc) is 3.19. The Morgan fingerprint density at radius 2 is 1.86 bits per heavy atom. The smallest absolute Gasteiger partial charge is 0.308 e. The molecule has 0 spiro atoms. The molecule has 152 valence electrons. The maximum atomic E-state index is 12.6. The number of rotatable bonds is 7. The highest BCUT2D eigenvalue weighted by molar-refractivity contribution is 7.89. The van der Waals surface area contributed by atoms with Gasteiger partial charge >= 0.3 is 11.8 Å². The number of hydrogen-bond acceptors (Lipinski definition) is 7. The Bertz CT molecular complexity index is 902. The van der Waals surface area contributed by atoms with E-state index in [2.05, 4.69) is 29.4 Å². The van der Waals surface area contributed by atoms with Crippen LogP contribution in [0.2, 0.25) is 0 Å². The van der Waals surface area contributed by atoms with Crippen LogP contribution in [0.25, 0.3) is 11.5 Å². The van der Waals surface area contributed by atoms with Gasteiger partial charge in [-0.1, -0.05) is 13.8 Å². The van der Waals surface area contributed by atoms with Gasteiger partial charge in [-0.2, -0.15) is 4.31 Å². The highest BCUT2D eigenvalue weighted by Gasteiger charge is 2.26. The van der Waals surface area contributed by atoms with E-state index in [1.807, 2.05) is 0 Å². The lowest BCUT2D eigenvalue weighted by atomic mass is 10.1. The monoisotopic (exact) mass is 408 g/mol. The van der Waals surface area contributed by atoms with Crippen LogP contribution < -0.4 is 5.32 Å². The molecule has 1 aromatic carbocycles. The molecular formula is C18H24N4O5S. The molecule has 3 rings (SSSR count). The SMILES string of the molecule is CC(C)CCNC(=O)c1nnc(-c2ccc(S(=O)(=O)N3CCOCC3)cc2)o1. The van der Waals surface area contributed by atoms with Crippen molar-refractivity contribution in [1.82, 2.24) is 19.8 Å². The molecule has 2 aromatic rings. The van der Waals surface area contributed by atoms with Gasteiger partial charge < -0.3 is 14.5 Å². The lowest BCUT2D eigenvalue weighted by Gasteiger charge is -2.26. The van der Waals surface area contributed by atoms with E-state index in [4.69, 9.17) is 9.15 Å². The van der Waals surface area contributed by atoms with Crippen LogP contribution in [0.1, 0.15) is 31.0 Å². The number of ether oxygens (including phenoxy) is 1. The lowest BCUT2D eigenvalue weighted by molar-refractivity contribution is 0.0730. The number of carbonyl (C=O) groups excluding carboxylic acids is 1. The number of sulfonamides is 1. The molecule has 1 amide bonds. The van der Waals surface area contributed by atoms with E-state index >= 15 is 0 Å². The molecule has 9 nitrogen and oxygen atoms in total. The van der Waals surface area contributed by atoms with Crippen LogP contribution in [0, 0.1) is 5.92 Å². The van der Waals surface area contributed by atoms with Crippen LogP contribution in [0.4, 0.5) is 0 Å². The lowest BCUT2D eigenvalue weighted by Crippen LogP contribution is -2.40. The van der Waals surface area contributed by atoms with Crippen molar-refractivity contribution in [3.63, 3.8) is 0 Å². The minimum absolute atomic E-state index is 0.122. The highest BCUT2D eigenvalue weighted by Crippen LogP contribution is 2.22. The van der Waals surface area contributed by atoms with Gasteiger partial charge in [0.05, 0.1) is 18.1 Å². The van der Waals surface area contributed by atoms with Crippen LogP contribution in [-0.2, 0) is 14.8 Å². The number of hydrogen-bond donors (Lipinski definition) is 1. The second kappa shape index (κ2) is 8.80. The zero-order valence-corrected chi connectivity index (χ0v) is 16.7. The van der Waals surface area contributed by atoms with Crippen LogP contribution in [0.15, 0.2) is 33.6 Å². The Hall–Kier alpha value is -2.30. The second-order valence-corrected chi connectivity index (χ2v) is 8.83. The number of benzene rings is 1. The Morgan fingerprint density at radius 3 is 2.50 bits per heavy atom. The van der Waals surface area contributed by atoms with E-state index in [1.54, 1.807) is 12.1 Å². The molecule has 28 heavy (non-hydrogen) atoms. The Balaban J connectivity index is 1.68. The first-order valence-electron chi connectivity index (χ1n) is 9.18. The van der Waals surface area contributed by atoms with Crippen LogP contribution >= 0.6 is 0 Å². The predicted octanol–water partition coefficient (Wildman–Crippen LogP) is 1.53. The van der Waals surface area contributed by atoms with E-state index in [0.717, 1.165) is 6.42 Å². The number of amides is 1. The third-order valence-corrected chi connectivity index (χ3v) is 6.25. The van der Waals surface area contributed by atoms with Crippen LogP contribution in [0.5, 0.6) is 0 Å². The van der Waals surface area contributed by atoms with Crippen molar-refractivity contribution in [3.05, 3.63) is 30.2 Å². The molecule has 1 fully saturated rings. The van der Waals surface area contributed by atoms with Gasteiger partial charge in [-0.05, 0) is 36.6 Å². The fourth-order valence-electron chi connectivity index (χ4n) is 2.69. The van der Waals surface area contributed by atoms with E-state index in [0.29, 0.717) is 44.3 Å². The first-order valence-corrected chi connectivity index (χ1v) is 10.6. The fourth-order valence-corrected chi connectivity index (χ4v) is 4.10. The zero-order valence-electron chi connectivity index (χ0n) is 15.9. The van der Waals surface area contributed by atoms with Crippen molar-refractivity contribution >= 4 is 15.9 Å². The van der Waals surface area contributed by atoms with Gasteiger partial charge in [0.15, 0.2) is 0 Å². The predicted molar refractivity (Wildman–Crippen MR) is 101 cm³/mol. The first kappa shape index (κ1) is 20.4. The number of nitrogens with one attached hydrogen (secondary N) is 1. The summed E-state index contributed by atoms with van der Waals surface area (Å²) in [5.74, 6) is 0.0878. The van der Waals surface area contributed by atoms with Gasteiger partial charge in [0.25, 0.3) is 0 Å². The number of nitrogens with zero attached hydrogens (tertiary/aromatic N) is 3. The Morgan fingerprint density at radius 1 is 1.18 bits per heavy atom. The molecule has 0 bridgehead atoms. The summed E-state index contributed by atoms with van der Waals surface area (Å²) in [6.07, 6.45) is 0.853. The molecule has 0 aliphatic carbocycles. The molecular weight excluding hydrogens is 384 g/mol. The average molecular weight is 408 g/mol. The van der Waals surface area contributed by atoms with Crippen molar-refractivity contribution < 1.29 is 22.4 Å². The minimum Gasteiger partial charge on any atom is -0.412 e. The quantitative estimate of drug-likeness (QED) is 0.739. The second-order valence-electron chi connectivity index (χ2n) is 6.89. The number of morpholine rings is 1. The Kier molecular flexibility index (Phi) is 6.42. The fraction of sp³-hybridized carbons (Fsp3) is 0.500. The van der Waals surface area contributed by atoms with Gasteiger partial charge in [0.1, 0.15) is 0 Å². The zero-order chi connectivity index (χ0) is 20.1. The molecule has 1 aliphatic rings. The summed E-state index contributed by atoms with van der Waals surface area (Å²) in [7, 11) is -3.56. The summed E-state index contributed by atoms with van der Waals surface area (Å²) in [6.45, 7) is 6.12. The van der Waals surface area contributed by atoms with E-state index in [-0.39, 0.29) is 16.7 Å². The first-order chi connectivity index (χ1) is 13.4. The number of carbonyl (C=O) groups is 1. The normalized spacial score (nSPS) is 15.7. The summed E-state index contributed by atoms with van der Waals surface area (Å²) in [4.78, 5) is 12.2. The molecule has 1 saturated heterocycles. The van der Waals surface area contributed by atoms with Crippen molar-refractivity contribution in [2.24, 2.45) is 5.92 Å². The third-order valence-electron chi connectivity index (χ3n) is 4.34. The summed E-state index contributed by atoms with van der Waals surface area (Å²) < 4.78 is 37.3. The van der Waals surface area contributed by atoms with Gasteiger partial charge in [0.2, 0.25) is 15.9 Å². The largest absolute Gasteiger partial charge is 0.412 e. The van der Waals surface area contributed by atoms with Gasteiger partial charge in [-0.15, -0.1) is 10.2 Å². The summed E-state index contributed by atoms with van der Waals surface area (Å²) in [5, 5.41) is 10.4. The van der Waals surface area contributed by atoms with Crippen molar-refractivity contribution in [2.75, 3.05) is 32.8 Å². The third kappa shape index (κ3) is 4.75. The van der Waals surface area contributed by atoms with Crippen LogP contribution in [0.3, 0.4) is 0 Å². The van der Waals surface area contributed by atoms with Crippen LogP contribution in [-0.4, -0.2) is 61.7 Å². The minimum atomic E-state index is -3.56. The van der Waals surface area contributed by atoms with Gasteiger partial charge in [-0.25, -0.2) is 8.42 Å². The summed E-state index contributed by atoms with van der Waals surface area (Å²) in [5.41, 5.74) is 0.537. The van der Waals surface area contributed by atoms with Gasteiger partial charge in [0, 0.05) is 25.2 Å². The summed E-state index contributed by atoms with van der Waals surface area (Å²) in [6, 6.07) is 6.15. The van der Waals surface area contributed by atoms with Crippen molar-refractivity contribution in [1.29, 1.82) is 0 Å². The topological polar surface area (TPSA) is 115 Å². The van der Waals surface area contributed by atoms with E-state index in [9.17, 15) is 13.2 Å². The molecule has 0 unspecified atom stereocenters. The standard InChI is InChI=1S/C18H24N4O5S/c1-13(2)7-8-19-16(23)18-21-20-17(27-18)14-3-5-15(6-4-14)28(24,25)22-9-11-26-12-10-22/h3-6,13H,7-12H2,1-2H3,(H,19,23).